The molecule has 1 fully saturated rings. The predicted molar refractivity (Wildman–Crippen MR) is 116 cm³/mol. The highest BCUT2D eigenvalue weighted by atomic mass is 19.1. The van der Waals surface area contributed by atoms with E-state index in [1.807, 2.05) is 24.3 Å². The summed E-state index contributed by atoms with van der Waals surface area (Å²) in [5, 5.41) is 2.49. The smallest absolute Gasteiger partial charge is 0.275 e. The summed E-state index contributed by atoms with van der Waals surface area (Å²) in [5.41, 5.74) is 1.25. The lowest BCUT2D eigenvalue weighted by Crippen LogP contribution is -2.51. The van der Waals surface area contributed by atoms with Gasteiger partial charge in [-0.2, -0.15) is 0 Å². The maximum Gasteiger partial charge on any atom is 0.275 e. The largest absolute Gasteiger partial charge is 0.380 e. The van der Waals surface area contributed by atoms with Crippen molar-refractivity contribution in [2.24, 2.45) is 4.99 Å². The molecule has 0 radical (unpaired) electrons. The average molecular weight is 441 g/mol. The lowest BCUT2D eigenvalue weighted by atomic mass is 9.88. The first-order valence-electron chi connectivity index (χ1n) is 10.7. The number of hydrogen-bond donors (Lipinski definition) is 1. The molecule has 2 aromatic carbocycles. The number of anilines is 1. The molecule has 2 amide bonds. The summed E-state index contributed by atoms with van der Waals surface area (Å²) in [6.45, 7) is 0.226. The van der Waals surface area contributed by atoms with Crippen LogP contribution < -0.4 is 5.32 Å². The van der Waals surface area contributed by atoms with Crippen LogP contribution in [0.2, 0.25) is 0 Å². The van der Waals surface area contributed by atoms with E-state index in [1.54, 1.807) is 7.11 Å². The number of halogens is 2. The molecule has 0 bridgehead atoms. The van der Waals surface area contributed by atoms with Gasteiger partial charge in [0.2, 0.25) is 5.91 Å². The number of benzene rings is 2. The van der Waals surface area contributed by atoms with Crippen molar-refractivity contribution in [2.75, 3.05) is 19.0 Å². The highest BCUT2D eigenvalue weighted by Gasteiger charge is 2.48. The van der Waals surface area contributed by atoms with E-state index in [-0.39, 0.29) is 18.1 Å². The number of methoxy groups -OCH3 is 1. The molecule has 1 saturated carbocycles. The number of amides is 2. The molecule has 32 heavy (non-hydrogen) atoms. The van der Waals surface area contributed by atoms with Gasteiger partial charge in [-0.1, -0.05) is 30.7 Å². The SMILES string of the molecule is COCc1ccc(C2=NC3(CCCCC3)N(CC(=O)Nc3cc(F)cc(F)c3)C2=O)cc1. The molecule has 1 N–H and O–H groups in total. The van der Waals surface area contributed by atoms with E-state index >= 15 is 0 Å². The quantitative estimate of drug-likeness (QED) is 0.736. The van der Waals surface area contributed by atoms with Crippen LogP contribution in [0.5, 0.6) is 0 Å². The molecule has 1 heterocycles. The van der Waals surface area contributed by atoms with Gasteiger partial charge in [-0.3, -0.25) is 14.6 Å². The van der Waals surface area contributed by atoms with Gasteiger partial charge in [-0.15, -0.1) is 0 Å². The summed E-state index contributed by atoms with van der Waals surface area (Å²) in [5.74, 6) is -2.42. The number of hydrogen-bond acceptors (Lipinski definition) is 4. The summed E-state index contributed by atoms with van der Waals surface area (Å²) in [4.78, 5) is 32.4. The minimum atomic E-state index is -0.788. The van der Waals surface area contributed by atoms with Gasteiger partial charge in [0.15, 0.2) is 0 Å². The van der Waals surface area contributed by atoms with Crippen LogP contribution in [0.15, 0.2) is 47.5 Å². The second-order valence-electron chi connectivity index (χ2n) is 8.23. The number of nitrogens with zero attached hydrogens (tertiary/aromatic N) is 2. The molecule has 0 aromatic heterocycles. The molecule has 1 spiro atoms. The van der Waals surface area contributed by atoms with Gasteiger partial charge in [0.1, 0.15) is 29.6 Å². The van der Waals surface area contributed by atoms with Crippen molar-refractivity contribution in [2.45, 2.75) is 44.4 Å². The predicted octanol–water partition coefficient (Wildman–Crippen LogP) is 4.04. The maximum absolute atomic E-state index is 13.5. The first-order valence-corrected chi connectivity index (χ1v) is 10.7. The molecule has 6 nitrogen and oxygen atoms in total. The zero-order chi connectivity index (χ0) is 22.7. The van der Waals surface area contributed by atoms with Gasteiger partial charge in [-0.05, 0) is 43.4 Å². The second-order valence-corrected chi connectivity index (χ2v) is 8.23. The van der Waals surface area contributed by atoms with Crippen LogP contribution in [0.1, 0.15) is 43.2 Å². The van der Waals surface area contributed by atoms with Crippen LogP contribution in [0.4, 0.5) is 14.5 Å². The molecule has 2 aromatic rings. The number of ether oxygens (including phenoxy) is 1. The van der Waals surface area contributed by atoms with Gasteiger partial charge in [0.05, 0.1) is 6.61 Å². The number of carbonyl (C=O) groups excluding carboxylic acids is 2. The molecule has 0 unspecified atom stereocenters. The maximum atomic E-state index is 13.5. The van der Waals surface area contributed by atoms with E-state index in [4.69, 9.17) is 9.73 Å². The van der Waals surface area contributed by atoms with Crippen molar-refractivity contribution >= 4 is 23.2 Å². The van der Waals surface area contributed by atoms with E-state index in [2.05, 4.69) is 5.32 Å². The standard InChI is InChI=1S/C24H25F2N3O3/c1-32-15-16-5-7-17(8-6-16)22-23(31)29(24(28-22)9-3-2-4-10-24)14-21(30)27-20-12-18(25)11-19(26)13-20/h5-8,11-13H,2-4,9-10,14-15H2,1H3,(H,27,30). The van der Waals surface area contributed by atoms with Crippen LogP contribution in [-0.2, 0) is 20.9 Å². The summed E-state index contributed by atoms with van der Waals surface area (Å²) in [6, 6.07) is 10.2. The zero-order valence-corrected chi connectivity index (χ0v) is 17.9. The Morgan fingerprint density at radius 2 is 1.75 bits per heavy atom. The van der Waals surface area contributed by atoms with E-state index in [0.717, 1.165) is 43.0 Å². The Bertz CT molecular complexity index is 1030. The summed E-state index contributed by atoms with van der Waals surface area (Å²) < 4.78 is 32.1. The Balaban J connectivity index is 1.57. The molecule has 2 aliphatic rings. The summed E-state index contributed by atoms with van der Waals surface area (Å²) >= 11 is 0. The second kappa shape index (κ2) is 9.16. The highest BCUT2D eigenvalue weighted by molar-refractivity contribution is 6.47. The molecule has 0 atom stereocenters. The number of carbonyl (C=O) groups is 2. The fourth-order valence-electron chi connectivity index (χ4n) is 4.44. The van der Waals surface area contributed by atoms with Crippen LogP contribution >= 0.6 is 0 Å². The molecule has 4 rings (SSSR count). The van der Waals surface area contributed by atoms with Crippen LogP contribution in [0.25, 0.3) is 0 Å². The zero-order valence-electron chi connectivity index (χ0n) is 17.9. The van der Waals surface area contributed by atoms with Crippen LogP contribution in [-0.4, -0.2) is 41.7 Å². The van der Waals surface area contributed by atoms with Crippen molar-refractivity contribution in [1.29, 1.82) is 0 Å². The van der Waals surface area contributed by atoms with Crippen molar-refractivity contribution < 1.29 is 23.1 Å². The molecular formula is C24H25F2N3O3. The third kappa shape index (κ3) is 4.55. The molecular weight excluding hydrogens is 416 g/mol. The molecule has 0 saturated heterocycles. The van der Waals surface area contributed by atoms with E-state index in [0.29, 0.717) is 30.7 Å². The van der Waals surface area contributed by atoms with Crippen LogP contribution in [0, 0.1) is 11.6 Å². The molecule has 8 heteroatoms. The normalized spacial score (nSPS) is 17.5. The molecule has 1 aliphatic carbocycles. The minimum absolute atomic E-state index is 0.00622. The molecule has 168 valence electrons. The lowest BCUT2D eigenvalue weighted by molar-refractivity contribution is -0.134. The topological polar surface area (TPSA) is 71.0 Å². The Morgan fingerprint density at radius 1 is 1.09 bits per heavy atom. The van der Waals surface area contributed by atoms with Gasteiger partial charge in [0, 0.05) is 24.4 Å². The van der Waals surface area contributed by atoms with E-state index in [9.17, 15) is 18.4 Å². The third-order valence-electron chi connectivity index (χ3n) is 5.91. The molecule has 1 aliphatic heterocycles. The fraction of sp³-hybridized carbons (Fsp3) is 0.375. The summed E-state index contributed by atoms with van der Waals surface area (Å²) in [6.07, 6.45) is 4.21. The Kier molecular flexibility index (Phi) is 6.32. The number of aliphatic imine (C=N–C) groups is 1. The fourth-order valence-corrected chi connectivity index (χ4v) is 4.44. The highest BCUT2D eigenvalue weighted by Crippen LogP contribution is 2.39. The van der Waals surface area contributed by atoms with E-state index in [1.165, 1.54) is 4.90 Å². The van der Waals surface area contributed by atoms with Gasteiger partial charge < -0.3 is 15.0 Å². The third-order valence-corrected chi connectivity index (χ3v) is 5.91. The van der Waals surface area contributed by atoms with Crippen molar-refractivity contribution in [3.05, 3.63) is 65.2 Å². The van der Waals surface area contributed by atoms with E-state index < -0.39 is 23.2 Å². The van der Waals surface area contributed by atoms with Crippen LogP contribution in [0.3, 0.4) is 0 Å². The lowest BCUT2D eigenvalue weighted by Gasteiger charge is -2.38. The number of rotatable bonds is 6. The van der Waals surface area contributed by atoms with Crippen molar-refractivity contribution in [1.82, 2.24) is 4.90 Å². The van der Waals surface area contributed by atoms with Gasteiger partial charge in [-0.25, -0.2) is 8.78 Å². The van der Waals surface area contributed by atoms with Gasteiger partial charge >= 0.3 is 0 Å². The van der Waals surface area contributed by atoms with Gasteiger partial charge in [0.25, 0.3) is 5.91 Å². The Morgan fingerprint density at radius 3 is 2.38 bits per heavy atom. The Labute approximate surface area is 185 Å². The monoisotopic (exact) mass is 441 g/mol. The first-order chi connectivity index (χ1) is 15.4. The Hall–Kier alpha value is -3.13. The van der Waals surface area contributed by atoms with Crippen molar-refractivity contribution in [3.8, 4) is 0 Å². The van der Waals surface area contributed by atoms with Crippen molar-refractivity contribution in [3.63, 3.8) is 0 Å². The first kappa shape index (κ1) is 22.1. The minimum Gasteiger partial charge on any atom is -0.380 e. The average Bonchev–Trinajstić information content (AvgIpc) is 3.00. The summed E-state index contributed by atoms with van der Waals surface area (Å²) in [7, 11) is 1.62. The number of nitrogens with one attached hydrogen (secondary N) is 1.